The van der Waals surface area contributed by atoms with E-state index in [-0.39, 0.29) is 5.48 Å². The number of rotatable bonds is 0. The van der Waals surface area contributed by atoms with Gasteiger partial charge >= 0.3 is 34.4 Å². The van der Waals surface area contributed by atoms with E-state index in [9.17, 15) is 0 Å². The Bertz CT molecular complexity index is 274. The fourth-order valence-electron chi connectivity index (χ4n) is 0. The molecule has 0 saturated heterocycles. The normalized spacial score (nSPS) is 5.00. The van der Waals surface area contributed by atoms with Crippen LogP contribution in [0.4, 0.5) is 0 Å². The van der Waals surface area contributed by atoms with Crippen LogP contribution in [0.5, 0.6) is 0 Å². The van der Waals surface area contributed by atoms with Crippen LogP contribution in [-0.4, -0.2) is 5.48 Å². The monoisotopic (exact) mass is 187 g/mol. The molecule has 7 heavy (non-hydrogen) atoms. The van der Waals surface area contributed by atoms with Gasteiger partial charge in [0.25, 0.3) is 0 Å². The summed E-state index contributed by atoms with van der Waals surface area (Å²) >= 11 is -8.08. The molecule has 0 saturated carbocycles. The van der Waals surface area contributed by atoms with Crippen molar-refractivity contribution < 1.29 is 39.9 Å². The van der Waals surface area contributed by atoms with E-state index < -0.39 is 24.2 Å². The summed E-state index contributed by atoms with van der Waals surface area (Å²) in [6.45, 7) is 0. The van der Waals surface area contributed by atoms with E-state index in [0.717, 1.165) is 0 Å². The second-order valence-electron chi connectivity index (χ2n) is 0.962. The minimum absolute atomic E-state index is 0. The van der Waals surface area contributed by atoms with Gasteiger partial charge in [-0.15, -0.1) is 0 Å². The Morgan fingerprint density at radius 3 is 0.714 bits per heavy atom. The van der Waals surface area contributed by atoms with Crippen molar-refractivity contribution in [3.8, 4) is 0 Å². The summed E-state index contributed by atoms with van der Waals surface area (Å²) in [4.78, 5) is 0. The van der Waals surface area contributed by atoms with Gasteiger partial charge in [-0.25, -0.2) is 0 Å². The molecule has 0 aliphatic rings. The zero-order valence-corrected chi connectivity index (χ0v) is 5.96. The first-order chi connectivity index (χ1) is 2.24. The van der Waals surface area contributed by atoms with Crippen LogP contribution in [0.15, 0.2) is 0 Å². The Balaban J connectivity index is 0. The molecule has 0 radical (unpaired) electrons. The molecule has 0 aromatic rings. The van der Waals surface area contributed by atoms with Crippen molar-refractivity contribution in [2.75, 3.05) is 0 Å². The summed E-state index contributed by atoms with van der Waals surface area (Å²) in [5, 5.41) is 0. The van der Waals surface area contributed by atoms with Crippen molar-refractivity contribution >= 4 is 0 Å². The van der Waals surface area contributed by atoms with Crippen molar-refractivity contribution in [1.29, 1.82) is 0 Å². The van der Waals surface area contributed by atoms with Gasteiger partial charge in [-0.3, -0.25) is 0 Å². The van der Waals surface area contributed by atoms with Crippen molar-refractivity contribution in [2.24, 2.45) is 0 Å². The van der Waals surface area contributed by atoms with Gasteiger partial charge in [0.05, 0.1) is 0 Å². The fourth-order valence-corrected chi connectivity index (χ4v) is 0. The summed E-state index contributed by atoms with van der Waals surface area (Å²) in [7, 11) is 0. The Morgan fingerprint density at radius 2 is 0.714 bits per heavy atom. The molecule has 41 valence electrons. The molecule has 0 unspecified atom stereocenters. The molecule has 0 aliphatic heterocycles. The fraction of sp³-hybridized carbons (Fsp3) is 0. The molecule has 0 aliphatic carbocycles. The predicted octanol–water partition coefficient (Wildman–Crippen LogP) is -1.42. The van der Waals surface area contributed by atoms with Crippen LogP contribution < -0.4 is 0 Å². The van der Waals surface area contributed by atoms with E-state index in [1.807, 2.05) is 0 Å². The van der Waals surface area contributed by atoms with Crippen LogP contribution in [0.3, 0.4) is 0 Å². The average Bonchev–Trinajstić information content (AvgIpc) is 0.650. The first-order valence-corrected chi connectivity index (χ1v) is 6.97. The molecule has 7 heteroatoms. The molecule has 0 aromatic carbocycles. The molecule has 6 nitrogen and oxygen atoms in total. The average molecular weight is 187 g/mol. The summed E-state index contributed by atoms with van der Waals surface area (Å²) < 4.78 is 43.4. The molecular formula is H2O6Y. The topological polar surface area (TPSA) is 117 Å². The quantitative estimate of drug-likeness (QED) is 0.461. The van der Waals surface area contributed by atoms with Crippen molar-refractivity contribution in [1.82, 2.24) is 0 Å². The first kappa shape index (κ1) is 10.1. The van der Waals surface area contributed by atoms with Gasteiger partial charge in [0.2, 0.25) is 0 Å². The SMILES string of the molecule is O.[O]=[Y](=[O])(=[O])(=[O])=[O]. The third-order valence-corrected chi connectivity index (χ3v) is 0. The van der Waals surface area contributed by atoms with E-state index in [2.05, 4.69) is 0 Å². The minimum atomic E-state index is -8.08. The summed E-state index contributed by atoms with van der Waals surface area (Å²) in [6, 6.07) is 0. The van der Waals surface area contributed by atoms with Crippen molar-refractivity contribution in [2.45, 2.75) is 0 Å². The Kier molecular flexibility index (Phi) is 2.22. The zero-order valence-electron chi connectivity index (χ0n) is 3.12. The molecule has 2 N–H and O–H groups in total. The van der Waals surface area contributed by atoms with E-state index in [1.165, 1.54) is 0 Å². The third-order valence-electron chi connectivity index (χ3n) is 0. The molecule has 0 heterocycles. The van der Waals surface area contributed by atoms with Gasteiger partial charge in [0.1, 0.15) is 0 Å². The predicted molar refractivity (Wildman–Crippen MR) is 7.05 cm³/mol. The molecule has 0 amide bonds. The molecule has 0 atom stereocenters. The summed E-state index contributed by atoms with van der Waals surface area (Å²) in [5.74, 6) is 0. The Labute approximate surface area is 40.0 Å². The van der Waals surface area contributed by atoms with Crippen molar-refractivity contribution in [3.05, 3.63) is 0 Å². The molecule has 0 spiro atoms. The zero-order chi connectivity index (χ0) is 5.45. The summed E-state index contributed by atoms with van der Waals surface area (Å²) in [6.07, 6.45) is 0. The maximum absolute atomic E-state index is 8.68. The maximum atomic E-state index is 8.68. The third kappa shape index (κ3) is 24500. The molecule has 0 aromatic heterocycles. The van der Waals surface area contributed by atoms with Gasteiger partial charge in [0, 0.05) is 0 Å². The van der Waals surface area contributed by atoms with Crippen LogP contribution >= 0.6 is 0 Å². The molecule has 0 rings (SSSR count). The second kappa shape index (κ2) is 1.54. The number of hydrogen-bond donors (Lipinski definition) is 0. The van der Waals surface area contributed by atoms with Crippen molar-refractivity contribution in [3.63, 3.8) is 0 Å². The van der Waals surface area contributed by atoms with Crippen LogP contribution in [-0.2, 0) is 34.4 Å². The summed E-state index contributed by atoms with van der Waals surface area (Å²) in [5.41, 5.74) is 0. The van der Waals surface area contributed by atoms with Gasteiger partial charge in [-0.2, -0.15) is 0 Å². The van der Waals surface area contributed by atoms with Crippen LogP contribution in [0.2, 0.25) is 0 Å². The van der Waals surface area contributed by atoms with Crippen LogP contribution in [0.1, 0.15) is 0 Å². The van der Waals surface area contributed by atoms with E-state index in [4.69, 9.17) is 10.2 Å². The van der Waals surface area contributed by atoms with Gasteiger partial charge in [-0.05, 0) is 0 Å². The van der Waals surface area contributed by atoms with Crippen LogP contribution in [0, 0.1) is 0 Å². The molecule has 0 fully saturated rings. The molecular weight excluding hydrogens is 185 g/mol. The van der Waals surface area contributed by atoms with E-state index in [0.29, 0.717) is 0 Å². The van der Waals surface area contributed by atoms with E-state index >= 15 is 0 Å². The van der Waals surface area contributed by atoms with Gasteiger partial charge in [-0.1, -0.05) is 0 Å². The molecule has 0 bridgehead atoms. The Hall–Kier alpha value is 0.0639. The number of hydrogen-bond acceptors (Lipinski definition) is 5. The van der Waals surface area contributed by atoms with Gasteiger partial charge in [0.15, 0.2) is 0 Å². The second-order valence-corrected chi connectivity index (χ2v) is 5.69. The van der Waals surface area contributed by atoms with Gasteiger partial charge < -0.3 is 5.48 Å². The standard InChI is InChI=1S/H2O.5O.Y/h1H2;;;;;;. The van der Waals surface area contributed by atoms with E-state index in [1.54, 1.807) is 0 Å². The first-order valence-electron chi connectivity index (χ1n) is 1.18. The Morgan fingerprint density at radius 1 is 0.714 bits per heavy atom. The van der Waals surface area contributed by atoms with Crippen LogP contribution in [0.25, 0.3) is 0 Å².